The van der Waals surface area contributed by atoms with E-state index in [0.717, 1.165) is 30.5 Å². The number of aromatic nitrogens is 2. The second kappa shape index (κ2) is 7.05. The first-order valence-corrected chi connectivity index (χ1v) is 11.0. The molecule has 0 bridgehead atoms. The highest BCUT2D eigenvalue weighted by molar-refractivity contribution is 7.91. The van der Waals surface area contributed by atoms with Gasteiger partial charge in [-0.15, -0.1) is 11.3 Å². The van der Waals surface area contributed by atoms with Crippen LogP contribution in [0.2, 0.25) is 0 Å². The largest absolute Gasteiger partial charge is 0.310 e. The minimum absolute atomic E-state index is 0.163. The highest BCUT2D eigenvalue weighted by Gasteiger charge is 2.34. The normalized spacial score (nSPS) is 20.7. The molecule has 1 N–H and O–H groups in total. The number of aryl methyl sites for hydroxylation is 1. The van der Waals surface area contributed by atoms with Gasteiger partial charge in [0.25, 0.3) is 10.0 Å². The van der Waals surface area contributed by atoms with Crippen LogP contribution in [0.4, 0.5) is 5.82 Å². The molecule has 2 aromatic rings. The Labute approximate surface area is 156 Å². The van der Waals surface area contributed by atoms with Crippen molar-refractivity contribution in [3.63, 3.8) is 0 Å². The van der Waals surface area contributed by atoms with E-state index in [4.69, 9.17) is 0 Å². The Kier molecular flexibility index (Phi) is 4.76. The number of anilines is 1. The molecule has 1 saturated heterocycles. The summed E-state index contributed by atoms with van der Waals surface area (Å²) in [5.41, 5.74) is 2.01. The molecule has 26 heavy (non-hydrogen) atoms. The predicted molar refractivity (Wildman–Crippen MR) is 98.5 cm³/mol. The molecule has 1 fully saturated rings. The van der Waals surface area contributed by atoms with Crippen molar-refractivity contribution < 1.29 is 13.2 Å². The summed E-state index contributed by atoms with van der Waals surface area (Å²) in [4.78, 5) is 21.2. The zero-order chi connectivity index (χ0) is 18.1. The van der Waals surface area contributed by atoms with Crippen LogP contribution >= 0.6 is 11.3 Å². The highest BCUT2D eigenvalue weighted by Crippen LogP contribution is 2.28. The zero-order valence-corrected chi connectivity index (χ0v) is 15.9. The van der Waals surface area contributed by atoms with E-state index >= 15 is 0 Å². The lowest BCUT2D eigenvalue weighted by Gasteiger charge is -2.30. The number of carbonyl (C=O) groups is 1. The Morgan fingerprint density at radius 3 is 2.96 bits per heavy atom. The van der Waals surface area contributed by atoms with E-state index in [2.05, 4.69) is 15.3 Å². The van der Waals surface area contributed by atoms with Gasteiger partial charge in [0.05, 0.1) is 5.92 Å². The number of hydrogen-bond acceptors (Lipinski definition) is 6. The Hall–Kier alpha value is -1.84. The van der Waals surface area contributed by atoms with E-state index in [-0.39, 0.29) is 18.4 Å². The van der Waals surface area contributed by atoms with Crippen LogP contribution in [-0.2, 0) is 27.7 Å². The molecule has 1 aliphatic heterocycles. The maximum atomic E-state index is 12.7. The molecule has 0 radical (unpaired) electrons. The third-order valence-electron chi connectivity index (χ3n) is 4.96. The third kappa shape index (κ3) is 3.26. The van der Waals surface area contributed by atoms with Crippen molar-refractivity contribution in [2.75, 3.05) is 18.4 Å². The van der Waals surface area contributed by atoms with Gasteiger partial charge in [0.15, 0.2) is 0 Å². The number of carbonyl (C=O) groups excluding carboxylic acids is 1. The highest BCUT2D eigenvalue weighted by atomic mass is 32.2. The fraction of sp³-hybridized carbons (Fsp3) is 0.471. The van der Waals surface area contributed by atoms with Crippen molar-refractivity contribution in [3.8, 4) is 0 Å². The molecule has 4 rings (SSSR count). The van der Waals surface area contributed by atoms with Gasteiger partial charge in [-0.3, -0.25) is 4.79 Å². The minimum atomic E-state index is -3.52. The van der Waals surface area contributed by atoms with E-state index in [1.54, 1.807) is 17.5 Å². The topological polar surface area (TPSA) is 92.3 Å². The van der Waals surface area contributed by atoms with Crippen molar-refractivity contribution in [1.29, 1.82) is 0 Å². The van der Waals surface area contributed by atoms with Crippen LogP contribution in [0, 0.1) is 5.92 Å². The summed E-state index contributed by atoms with van der Waals surface area (Å²) in [6, 6.07) is 3.33. The van der Waals surface area contributed by atoms with Gasteiger partial charge in [-0.1, -0.05) is 6.07 Å². The smallest absolute Gasteiger partial charge is 0.252 e. The first-order valence-electron chi connectivity index (χ1n) is 8.73. The van der Waals surface area contributed by atoms with Gasteiger partial charge in [-0.05, 0) is 43.6 Å². The Morgan fingerprint density at radius 2 is 2.15 bits per heavy atom. The molecule has 2 aliphatic rings. The second-order valence-electron chi connectivity index (χ2n) is 6.62. The van der Waals surface area contributed by atoms with Crippen molar-refractivity contribution in [3.05, 3.63) is 35.1 Å². The van der Waals surface area contributed by atoms with Crippen molar-refractivity contribution in [2.24, 2.45) is 5.92 Å². The number of hydrogen-bond donors (Lipinski definition) is 1. The van der Waals surface area contributed by atoms with Crippen LogP contribution in [0.25, 0.3) is 0 Å². The Morgan fingerprint density at radius 1 is 1.27 bits per heavy atom. The van der Waals surface area contributed by atoms with E-state index in [1.807, 2.05) is 0 Å². The van der Waals surface area contributed by atoms with Crippen LogP contribution in [0.15, 0.2) is 28.0 Å². The SMILES string of the molecule is O=C(Nc1ncnc2c1CCC2)[C@@H]1CCCN(S(=O)(=O)c2cccs2)C1. The van der Waals surface area contributed by atoms with Gasteiger partial charge >= 0.3 is 0 Å². The van der Waals surface area contributed by atoms with Gasteiger partial charge in [0.2, 0.25) is 5.91 Å². The summed E-state index contributed by atoms with van der Waals surface area (Å²) in [5.74, 6) is 0.0464. The molecule has 9 heteroatoms. The van der Waals surface area contributed by atoms with Crippen LogP contribution in [0.5, 0.6) is 0 Å². The summed E-state index contributed by atoms with van der Waals surface area (Å²) in [6.07, 6.45) is 5.63. The van der Waals surface area contributed by atoms with Crippen LogP contribution in [0.3, 0.4) is 0 Å². The number of amides is 1. The molecule has 2 aromatic heterocycles. The van der Waals surface area contributed by atoms with E-state index in [9.17, 15) is 13.2 Å². The lowest BCUT2D eigenvalue weighted by atomic mass is 9.99. The standard InChI is InChI=1S/C17H20N4O3S2/c22-17(20-16-13-5-1-6-14(13)18-11-19-16)12-4-2-8-21(10-12)26(23,24)15-7-3-9-25-15/h3,7,9,11-12H,1-2,4-6,8,10H2,(H,18,19,20,22)/t12-/m1/s1. The molecule has 1 amide bonds. The number of thiophene rings is 1. The van der Waals surface area contributed by atoms with Gasteiger partial charge < -0.3 is 5.32 Å². The molecule has 1 aliphatic carbocycles. The van der Waals surface area contributed by atoms with Crippen LogP contribution < -0.4 is 5.32 Å². The zero-order valence-electron chi connectivity index (χ0n) is 14.2. The van der Waals surface area contributed by atoms with Crippen LogP contribution in [0.1, 0.15) is 30.5 Å². The number of sulfonamides is 1. The fourth-order valence-corrected chi connectivity index (χ4v) is 6.27. The first kappa shape index (κ1) is 17.6. The van der Waals surface area contributed by atoms with Gasteiger partial charge in [-0.2, -0.15) is 4.31 Å². The van der Waals surface area contributed by atoms with Crippen molar-refractivity contribution in [2.45, 2.75) is 36.3 Å². The number of piperidine rings is 1. The molecular formula is C17H20N4O3S2. The molecule has 0 spiro atoms. The quantitative estimate of drug-likeness (QED) is 0.860. The summed E-state index contributed by atoms with van der Waals surface area (Å²) in [5, 5.41) is 4.66. The van der Waals surface area contributed by atoms with Gasteiger partial charge in [0.1, 0.15) is 16.4 Å². The lowest BCUT2D eigenvalue weighted by Crippen LogP contribution is -2.43. The second-order valence-corrected chi connectivity index (χ2v) is 9.74. The Balaban J connectivity index is 1.48. The molecule has 138 valence electrons. The summed E-state index contributed by atoms with van der Waals surface area (Å²) >= 11 is 1.20. The van der Waals surface area contributed by atoms with E-state index < -0.39 is 10.0 Å². The number of nitrogens with zero attached hydrogens (tertiary/aromatic N) is 3. The number of nitrogens with one attached hydrogen (secondary N) is 1. The summed E-state index contributed by atoms with van der Waals surface area (Å²) in [7, 11) is -3.52. The molecule has 0 unspecified atom stereocenters. The van der Waals surface area contributed by atoms with Crippen molar-refractivity contribution in [1.82, 2.24) is 14.3 Å². The van der Waals surface area contributed by atoms with Crippen LogP contribution in [-0.4, -0.2) is 41.7 Å². The fourth-order valence-electron chi connectivity index (χ4n) is 3.60. The average molecular weight is 393 g/mol. The third-order valence-corrected chi connectivity index (χ3v) is 8.20. The Bertz CT molecular complexity index is 912. The van der Waals surface area contributed by atoms with E-state index in [1.165, 1.54) is 22.0 Å². The first-order chi connectivity index (χ1) is 12.6. The van der Waals surface area contributed by atoms with Gasteiger partial charge in [0, 0.05) is 24.3 Å². The lowest BCUT2D eigenvalue weighted by molar-refractivity contribution is -0.120. The average Bonchev–Trinajstić information content (AvgIpc) is 3.34. The molecule has 0 saturated carbocycles. The number of fused-ring (bicyclic) bond motifs is 1. The summed E-state index contributed by atoms with van der Waals surface area (Å²) < 4.78 is 27.2. The maximum Gasteiger partial charge on any atom is 0.252 e. The molecule has 3 heterocycles. The van der Waals surface area contributed by atoms with Crippen molar-refractivity contribution >= 4 is 33.1 Å². The molecular weight excluding hydrogens is 372 g/mol. The predicted octanol–water partition coefficient (Wildman–Crippen LogP) is 2.07. The monoisotopic (exact) mass is 392 g/mol. The molecule has 1 atom stereocenters. The molecule has 0 aromatic carbocycles. The molecule has 7 nitrogen and oxygen atoms in total. The minimum Gasteiger partial charge on any atom is -0.310 e. The van der Waals surface area contributed by atoms with E-state index in [0.29, 0.717) is 29.4 Å². The summed E-state index contributed by atoms with van der Waals surface area (Å²) in [6.45, 7) is 0.659. The maximum absolute atomic E-state index is 12.7. The number of rotatable bonds is 4. The van der Waals surface area contributed by atoms with Gasteiger partial charge in [-0.25, -0.2) is 18.4 Å².